The maximum absolute atomic E-state index is 5.82. The number of methoxy groups -OCH3 is 3. The highest BCUT2D eigenvalue weighted by atomic mass is 32.1. The normalized spacial score (nSPS) is 17.0. The Bertz CT molecular complexity index is 1070. The zero-order chi connectivity index (χ0) is 22.2. The molecule has 2 aliphatic rings. The molecule has 1 saturated heterocycles. The first-order valence-corrected chi connectivity index (χ1v) is 12.1. The first-order chi connectivity index (χ1) is 15.6. The van der Waals surface area contributed by atoms with Crippen molar-refractivity contribution in [2.24, 2.45) is 5.92 Å². The van der Waals surface area contributed by atoms with Gasteiger partial charge in [-0.1, -0.05) is 0 Å². The van der Waals surface area contributed by atoms with E-state index in [0.29, 0.717) is 11.9 Å². The van der Waals surface area contributed by atoms with Crippen molar-refractivity contribution in [3.63, 3.8) is 0 Å². The van der Waals surface area contributed by atoms with Crippen LogP contribution in [-0.2, 0) is 4.74 Å². The molecule has 7 nitrogen and oxygen atoms in total. The molecule has 32 heavy (non-hydrogen) atoms. The van der Waals surface area contributed by atoms with Crippen LogP contribution in [0.3, 0.4) is 0 Å². The molecule has 0 radical (unpaired) electrons. The van der Waals surface area contributed by atoms with Crippen LogP contribution >= 0.6 is 11.3 Å². The summed E-state index contributed by atoms with van der Waals surface area (Å²) in [4.78, 5) is 3.64. The summed E-state index contributed by atoms with van der Waals surface area (Å²) in [6.07, 6.45) is 4.68. The molecule has 2 aromatic heterocycles. The molecule has 2 fully saturated rings. The SMILES string of the molecule is COc1cc(C)cc(OC)c1-c1csc2c(N(CC3CC3)C3CCOCC3)c(OC)nn12. The van der Waals surface area contributed by atoms with Crippen molar-refractivity contribution >= 4 is 21.9 Å². The Kier molecular flexibility index (Phi) is 5.90. The second-order valence-corrected chi connectivity index (χ2v) is 9.54. The number of hydrogen-bond acceptors (Lipinski definition) is 7. The fourth-order valence-electron chi connectivity index (χ4n) is 4.65. The molecule has 0 unspecified atom stereocenters. The lowest BCUT2D eigenvalue weighted by Crippen LogP contribution is -2.41. The number of aromatic nitrogens is 2. The highest BCUT2D eigenvalue weighted by Crippen LogP contribution is 2.46. The standard InChI is InChI=1S/C24H31N3O4S/c1-15-11-19(28-2)21(20(12-15)29-3)18-14-32-24-22(23(30-4)25-27(18)24)26(13-16-5-6-16)17-7-9-31-10-8-17/h11-12,14,16-17H,5-10,13H2,1-4H3. The van der Waals surface area contributed by atoms with Crippen molar-refractivity contribution in [2.45, 2.75) is 38.6 Å². The number of hydrogen-bond donors (Lipinski definition) is 0. The Balaban J connectivity index is 1.65. The lowest BCUT2D eigenvalue weighted by Gasteiger charge is -2.35. The molecule has 8 heteroatoms. The van der Waals surface area contributed by atoms with E-state index in [9.17, 15) is 0 Å². The molecule has 0 atom stereocenters. The lowest BCUT2D eigenvalue weighted by atomic mass is 10.1. The van der Waals surface area contributed by atoms with Crippen molar-refractivity contribution in [3.8, 4) is 28.6 Å². The number of fused-ring (bicyclic) bond motifs is 1. The predicted molar refractivity (Wildman–Crippen MR) is 127 cm³/mol. The maximum atomic E-state index is 5.82. The van der Waals surface area contributed by atoms with Crippen LogP contribution in [0.25, 0.3) is 16.1 Å². The van der Waals surface area contributed by atoms with Gasteiger partial charge >= 0.3 is 0 Å². The molecule has 3 aromatic rings. The number of aryl methyl sites for hydroxylation is 1. The van der Waals surface area contributed by atoms with Crippen LogP contribution in [0, 0.1) is 12.8 Å². The van der Waals surface area contributed by atoms with Gasteiger partial charge in [0.25, 0.3) is 5.88 Å². The topological polar surface area (TPSA) is 57.5 Å². The summed E-state index contributed by atoms with van der Waals surface area (Å²) in [6.45, 7) is 4.71. The number of rotatable bonds is 8. The lowest BCUT2D eigenvalue weighted by molar-refractivity contribution is 0.0841. The van der Waals surface area contributed by atoms with Crippen LogP contribution in [0.4, 0.5) is 5.69 Å². The van der Waals surface area contributed by atoms with Gasteiger partial charge in [0, 0.05) is 31.2 Å². The molecule has 1 saturated carbocycles. The number of ether oxygens (including phenoxy) is 4. The molecule has 5 rings (SSSR count). The Morgan fingerprint density at radius 1 is 1.06 bits per heavy atom. The number of benzene rings is 1. The van der Waals surface area contributed by atoms with Gasteiger partial charge in [-0.2, -0.15) is 0 Å². The largest absolute Gasteiger partial charge is 0.496 e. The van der Waals surface area contributed by atoms with Gasteiger partial charge in [0.15, 0.2) is 0 Å². The molecule has 0 spiro atoms. The van der Waals surface area contributed by atoms with Gasteiger partial charge < -0.3 is 23.8 Å². The molecule has 172 valence electrons. The third-order valence-corrected chi connectivity index (χ3v) is 7.40. The average molecular weight is 458 g/mol. The zero-order valence-corrected chi connectivity index (χ0v) is 20.0. The van der Waals surface area contributed by atoms with Crippen LogP contribution in [0.15, 0.2) is 17.5 Å². The molecule has 1 aliphatic carbocycles. The Morgan fingerprint density at radius 2 is 1.75 bits per heavy atom. The quantitative estimate of drug-likeness (QED) is 0.485. The van der Waals surface area contributed by atoms with Crippen LogP contribution in [0.5, 0.6) is 17.4 Å². The second kappa shape index (κ2) is 8.83. The van der Waals surface area contributed by atoms with Crippen LogP contribution in [-0.4, -0.2) is 56.7 Å². The first kappa shape index (κ1) is 21.4. The van der Waals surface area contributed by atoms with Crippen molar-refractivity contribution in [3.05, 3.63) is 23.1 Å². The zero-order valence-electron chi connectivity index (χ0n) is 19.2. The third kappa shape index (κ3) is 3.79. The monoisotopic (exact) mass is 457 g/mol. The van der Waals surface area contributed by atoms with Gasteiger partial charge in [0.2, 0.25) is 0 Å². The highest BCUT2D eigenvalue weighted by Gasteiger charge is 2.34. The van der Waals surface area contributed by atoms with Gasteiger partial charge in [-0.15, -0.1) is 16.4 Å². The maximum Gasteiger partial charge on any atom is 0.258 e. The van der Waals surface area contributed by atoms with E-state index in [1.807, 2.05) is 23.6 Å². The van der Waals surface area contributed by atoms with Crippen LogP contribution in [0.2, 0.25) is 0 Å². The van der Waals surface area contributed by atoms with E-state index in [2.05, 4.69) is 10.3 Å². The van der Waals surface area contributed by atoms with E-state index in [1.165, 1.54) is 12.8 Å². The molecule has 1 aromatic carbocycles. The number of thiazole rings is 1. The Morgan fingerprint density at radius 3 is 2.34 bits per heavy atom. The molecule has 1 aliphatic heterocycles. The molecular weight excluding hydrogens is 426 g/mol. The summed E-state index contributed by atoms with van der Waals surface area (Å²) in [5.41, 5.74) is 4.04. The van der Waals surface area contributed by atoms with Gasteiger partial charge in [-0.3, -0.25) is 0 Å². The van der Waals surface area contributed by atoms with Crippen molar-refractivity contribution in [1.29, 1.82) is 0 Å². The summed E-state index contributed by atoms with van der Waals surface area (Å²) >= 11 is 1.69. The van der Waals surface area contributed by atoms with Crippen molar-refractivity contribution in [1.82, 2.24) is 9.61 Å². The number of anilines is 1. The fraction of sp³-hybridized carbons (Fsp3) is 0.542. The second-order valence-electron chi connectivity index (χ2n) is 8.68. The number of nitrogens with zero attached hydrogens (tertiary/aromatic N) is 3. The predicted octanol–water partition coefficient (Wildman–Crippen LogP) is 4.79. The molecule has 0 N–H and O–H groups in total. The Hall–Kier alpha value is -2.45. The Labute approximate surface area is 192 Å². The average Bonchev–Trinajstić information content (AvgIpc) is 3.45. The third-order valence-electron chi connectivity index (χ3n) is 6.47. The van der Waals surface area contributed by atoms with Crippen molar-refractivity contribution in [2.75, 3.05) is 46.0 Å². The summed E-state index contributed by atoms with van der Waals surface area (Å²) < 4.78 is 24.9. The van der Waals surface area contributed by atoms with Gasteiger partial charge in [0.1, 0.15) is 22.0 Å². The first-order valence-electron chi connectivity index (χ1n) is 11.3. The van der Waals surface area contributed by atoms with Crippen LogP contribution in [0.1, 0.15) is 31.2 Å². The summed E-state index contributed by atoms with van der Waals surface area (Å²) in [5, 5.41) is 7.04. The van der Waals surface area contributed by atoms with E-state index in [0.717, 1.165) is 77.4 Å². The minimum absolute atomic E-state index is 0.445. The van der Waals surface area contributed by atoms with E-state index < -0.39 is 0 Å². The van der Waals surface area contributed by atoms with Crippen molar-refractivity contribution < 1.29 is 18.9 Å². The highest BCUT2D eigenvalue weighted by molar-refractivity contribution is 7.16. The van der Waals surface area contributed by atoms with Gasteiger partial charge in [-0.05, 0) is 56.2 Å². The summed E-state index contributed by atoms with van der Waals surface area (Å²) in [5.74, 6) is 2.98. The van der Waals surface area contributed by atoms with Gasteiger partial charge in [-0.25, -0.2) is 4.52 Å². The minimum Gasteiger partial charge on any atom is -0.496 e. The molecule has 0 amide bonds. The minimum atomic E-state index is 0.445. The molecular formula is C24H31N3O4S. The van der Waals surface area contributed by atoms with E-state index >= 15 is 0 Å². The van der Waals surface area contributed by atoms with E-state index in [-0.39, 0.29) is 0 Å². The van der Waals surface area contributed by atoms with Crippen LogP contribution < -0.4 is 19.1 Å². The smallest absolute Gasteiger partial charge is 0.258 e. The summed E-state index contributed by atoms with van der Waals surface area (Å²) in [6, 6.07) is 4.51. The molecule has 0 bridgehead atoms. The van der Waals surface area contributed by atoms with E-state index in [4.69, 9.17) is 24.0 Å². The van der Waals surface area contributed by atoms with E-state index in [1.54, 1.807) is 32.7 Å². The van der Waals surface area contributed by atoms with Gasteiger partial charge in [0.05, 0.1) is 32.6 Å². The molecule has 3 heterocycles. The fourth-order valence-corrected chi connectivity index (χ4v) is 5.64. The summed E-state index contributed by atoms with van der Waals surface area (Å²) in [7, 11) is 5.10.